The molecule has 0 aliphatic carbocycles. The van der Waals surface area contributed by atoms with Crippen LogP contribution in [0, 0.1) is 0 Å². The first-order valence-electron chi connectivity index (χ1n) is 7.51. The van der Waals surface area contributed by atoms with Gasteiger partial charge in [-0.25, -0.2) is 4.68 Å². The fourth-order valence-electron chi connectivity index (χ4n) is 2.60. The Balaban J connectivity index is 1.56. The first-order chi connectivity index (χ1) is 10.3. The van der Waals surface area contributed by atoms with E-state index in [-0.39, 0.29) is 0 Å². The summed E-state index contributed by atoms with van der Waals surface area (Å²) in [5.74, 6) is 0.968. The van der Waals surface area contributed by atoms with Crippen LogP contribution in [0.1, 0.15) is 11.4 Å². The van der Waals surface area contributed by atoms with Gasteiger partial charge in [0.1, 0.15) is 0 Å². The van der Waals surface area contributed by atoms with Crippen LogP contribution >= 0.6 is 0 Å². The fourth-order valence-corrected chi connectivity index (χ4v) is 2.60. The molecule has 1 fully saturated rings. The van der Waals surface area contributed by atoms with E-state index in [1.165, 1.54) is 5.56 Å². The lowest BCUT2D eigenvalue weighted by Crippen LogP contribution is -2.44. The van der Waals surface area contributed by atoms with Crippen molar-refractivity contribution in [2.75, 3.05) is 33.2 Å². The predicted octanol–water partition coefficient (Wildman–Crippen LogP) is 0.663. The van der Waals surface area contributed by atoms with Gasteiger partial charge in [0.15, 0.2) is 5.82 Å². The standard InChI is InChI=1S/C15H22N6/c1-19-9-11-20(12-10-19)13-15-16-17-18-21(15)8-7-14-5-3-2-4-6-14/h2-6H,7-13H2,1H3. The number of aromatic nitrogens is 4. The average Bonchev–Trinajstić information content (AvgIpc) is 2.96. The molecule has 0 spiro atoms. The number of aryl methyl sites for hydroxylation is 2. The molecule has 3 rings (SSSR count). The first-order valence-corrected chi connectivity index (χ1v) is 7.51. The third-order valence-electron chi connectivity index (χ3n) is 4.02. The molecule has 1 aliphatic heterocycles. The minimum atomic E-state index is 0.833. The molecule has 21 heavy (non-hydrogen) atoms. The van der Waals surface area contributed by atoms with Crippen LogP contribution in [0.2, 0.25) is 0 Å². The zero-order chi connectivity index (χ0) is 14.5. The van der Waals surface area contributed by atoms with E-state index in [4.69, 9.17) is 0 Å². The van der Waals surface area contributed by atoms with E-state index in [1.54, 1.807) is 0 Å². The Labute approximate surface area is 125 Å². The molecule has 0 unspecified atom stereocenters. The van der Waals surface area contributed by atoms with Crippen LogP contribution < -0.4 is 0 Å². The van der Waals surface area contributed by atoms with E-state index in [0.29, 0.717) is 0 Å². The molecule has 0 saturated carbocycles. The monoisotopic (exact) mass is 286 g/mol. The van der Waals surface area contributed by atoms with Gasteiger partial charge in [0.05, 0.1) is 6.54 Å². The predicted molar refractivity (Wildman–Crippen MR) is 80.7 cm³/mol. The van der Waals surface area contributed by atoms with Crippen molar-refractivity contribution < 1.29 is 0 Å². The zero-order valence-electron chi connectivity index (χ0n) is 12.5. The summed E-state index contributed by atoms with van der Waals surface area (Å²) in [6, 6.07) is 10.5. The lowest BCUT2D eigenvalue weighted by Gasteiger charge is -2.31. The molecule has 0 radical (unpaired) electrons. The van der Waals surface area contributed by atoms with Gasteiger partial charge in [-0.15, -0.1) is 5.10 Å². The summed E-state index contributed by atoms with van der Waals surface area (Å²) < 4.78 is 1.94. The maximum atomic E-state index is 4.19. The van der Waals surface area contributed by atoms with Crippen LogP contribution in [0.4, 0.5) is 0 Å². The summed E-state index contributed by atoms with van der Waals surface area (Å²) in [7, 11) is 2.17. The maximum absolute atomic E-state index is 4.19. The van der Waals surface area contributed by atoms with Crippen molar-refractivity contribution in [2.45, 2.75) is 19.5 Å². The summed E-state index contributed by atoms with van der Waals surface area (Å²) >= 11 is 0. The second kappa shape index (κ2) is 6.78. The molecule has 0 amide bonds. The Morgan fingerprint density at radius 2 is 1.81 bits per heavy atom. The highest BCUT2D eigenvalue weighted by atomic mass is 15.5. The van der Waals surface area contributed by atoms with Crippen LogP contribution in [-0.4, -0.2) is 63.2 Å². The third-order valence-corrected chi connectivity index (χ3v) is 4.02. The van der Waals surface area contributed by atoms with Crippen molar-refractivity contribution in [2.24, 2.45) is 0 Å². The highest BCUT2D eigenvalue weighted by Gasteiger charge is 2.16. The van der Waals surface area contributed by atoms with Gasteiger partial charge in [-0.1, -0.05) is 30.3 Å². The van der Waals surface area contributed by atoms with Crippen LogP contribution in [0.5, 0.6) is 0 Å². The van der Waals surface area contributed by atoms with Crippen LogP contribution in [0.15, 0.2) is 30.3 Å². The average molecular weight is 286 g/mol. The Morgan fingerprint density at radius 1 is 1.05 bits per heavy atom. The van der Waals surface area contributed by atoms with E-state index in [9.17, 15) is 0 Å². The van der Waals surface area contributed by atoms with Gasteiger partial charge >= 0.3 is 0 Å². The Morgan fingerprint density at radius 3 is 2.57 bits per heavy atom. The third kappa shape index (κ3) is 3.86. The van der Waals surface area contributed by atoms with Gasteiger partial charge in [0.25, 0.3) is 0 Å². The molecule has 0 atom stereocenters. The number of benzene rings is 1. The van der Waals surface area contributed by atoms with Crippen molar-refractivity contribution in [1.29, 1.82) is 0 Å². The number of hydrogen-bond donors (Lipinski definition) is 0. The van der Waals surface area contributed by atoms with Crippen LogP contribution in [-0.2, 0) is 19.5 Å². The number of rotatable bonds is 5. The minimum absolute atomic E-state index is 0.833. The molecular formula is C15H22N6. The number of nitrogens with zero attached hydrogens (tertiary/aromatic N) is 6. The van der Waals surface area contributed by atoms with E-state index in [0.717, 1.165) is 51.5 Å². The van der Waals surface area contributed by atoms with E-state index >= 15 is 0 Å². The maximum Gasteiger partial charge on any atom is 0.165 e. The van der Waals surface area contributed by atoms with Gasteiger partial charge in [0.2, 0.25) is 0 Å². The number of likely N-dealkylation sites (N-methyl/N-ethyl adjacent to an activating group) is 1. The van der Waals surface area contributed by atoms with Crippen LogP contribution in [0.3, 0.4) is 0 Å². The van der Waals surface area contributed by atoms with Crippen molar-refractivity contribution in [1.82, 2.24) is 30.0 Å². The smallest absolute Gasteiger partial charge is 0.165 e. The summed E-state index contributed by atoms with van der Waals surface area (Å²) in [6.45, 7) is 6.08. The number of tetrazole rings is 1. The Bertz CT molecular complexity index is 544. The molecule has 1 aromatic carbocycles. The molecule has 1 saturated heterocycles. The summed E-state index contributed by atoms with van der Waals surface area (Å²) in [4.78, 5) is 4.78. The minimum Gasteiger partial charge on any atom is -0.304 e. The molecule has 0 N–H and O–H groups in total. The Kier molecular flexibility index (Phi) is 4.57. The molecule has 1 aromatic heterocycles. The lowest BCUT2D eigenvalue weighted by molar-refractivity contribution is 0.143. The highest BCUT2D eigenvalue weighted by Crippen LogP contribution is 2.06. The molecule has 2 heterocycles. The molecule has 6 heteroatoms. The zero-order valence-corrected chi connectivity index (χ0v) is 12.5. The van der Waals surface area contributed by atoms with Gasteiger partial charge in [-0.3, -0.25) is 4.90 Å². The first kappa shape index (κ1) is 14.2. The van der Waals surface area contributed by atoms with Crippen molar-refractivity contribution in [3.8, 4) is 0 Å². The molecule has 112 valence electrons. The second-order valence-electron chi connectivity index (χ2n) is 5.63. The SMILES string of the molecule is CN1CCN(Cc2nnnn2CCc2ccccc2)CC1. The van der Waals surface area contributed by atoms with E-state index in [2.05, 4.69) is 56.6 Å². The van der Waals surface area contributed by atoms with E-state index < -0.39 is 0 Å². The van der Waals surface area contributed by atoms with Crippen molar-refractivity contribution >= 4 is 0 Å². The number of piperazine rings is 1. The molecular weight excluding hydrogens is 264 g/mol. The number of hydrogen-bond acceptors (Lipinski definition) is 5. The molecule has 1 aliphatic rings. The molecule has 2 aromatic rings. The van der Waals surface area contributed by atoms with Crippen molar-refractivity contribution in [3.05, 3.63) is 41.7 Å². The van der Waals surface area contributed by atoms with Gasteiger partial charge in [-0.2, -0.15) is 0 Å². The van der Waals surface area contributed by atoms with Crippen LogP contribution in [0.25, 0.3) is 0 Å². The molecule has 0 bridgehead atoms. The largest absolute Gasteiger partial charge is 0.304 e. The molecule has 6 nitrogen and oxygen atoms in total. The van der Waals surface area contributed by atoms with Gasteiger partial charge in [-0.05, 0) is 29.5 Å². The van der Waals surface area contributed by atoms with Crippen molar-refractivity contribution in [3.63, 3.8) is 0 Å². The lowest BCUT2D eigenvalue weighted by atomic mass is 10.1. The Hall–Kier alpha value is -1.79. The summed E-state index contributed by atoms with van der Waals surface area (Å²) in [5.41, 5.74) is 1.32. The summed E-state index contributed by atoms with van der Waals surface area (Å²) in [6.07, 6.45) is 0.960. The second-order valence-corrected chi connectivity index (χ2v) is 5.63. The van der Waals surface area contributed by atoms with E-state index in [1.807, 2.05) is 10.7 Å². The van der Waals surface area contributed by atoms with Gasteiger partial charge in [0, 0.05) is 32.7 Å². The quantitative estimate of drug-likeness (QED) is 0.808. The topological polar surface area (TPSA) is 50.1 Å². The van der Waals surface area contributed by atoms with Gasteiger partial charge < -0.3 is 4.90 Å². The summed E-state index contributed by atoms with van der Waals surface area (Å²) in [5, 5.41) is 12.2. The fraction of sp³-hybridized carbons (Fsp3) is 0.533. The normalized spacial score (nSPS) is 17.2. The highest BCUT2D eigenvalue weighted by molar-refractivity contribution is 5.14.